The quantitative estimate of drug-likeness (QED) is 0.296. The van der Waals surface area contributed by atoms with Crippen LogP contribution in [0.3, 0.4) is 0 Å². The molecule has 10 heteroatoms. The third-order valence-electron chi connectivity index (χ3n) is 5.09. The maximum atomic E-state index is 12.5. The van der Waals surface area contributed by atoms with Gasteiger partial charge in [-0.05, 0) is 55.3 Å². The number of ether oxygens (including phenoxy) is 2. The number of nitrogens with zero attached hydrogens (tertiary/aromatic N) is 2. The number of amides is 3. The molecule has 0 aliphatic rings. The standard InChI is InChI=1S/C25H25N5O4S/c1-4-12-26-22(31)21-15(2)20-23(27-14-28-24(20)35-21)34-18-10-8-16(9-11-18)29-25(32)30-17-6-5-7-19(13-17)33-3/h5-11,13-14H,4,12H2,1-3H3,(H,26,31)(H2,29,30,32). The minimum atomic E-state index is -0.382. The van der Waals surface area contributed by atoms with Gasteiger partial charge in [-0.25, -0.2) is 14.8 Å². The molecule has 0 saturated heterocycles. The van der Waals surface area contributed by atoms with Crippen LogP contribution < -0.4 is 25.4 Å². The highest BCUT2D eigenvalue weighted by atomic mass is 32.1. The average molecular weight is 492 g/mol. The lowest BCUT2D eigenvalue weighted by Gasteiger charge is -2.10. The molecule has 0 fully saturated rings. The lowest BCUT2D eigenvalue weighted by molar-refractivity contribution is 0.0957. The van der Waals surface area contributed by atoms with E-state index in [1.807, 2.05) is 13.8 Å². The molecule has 0 spiro atoms. The second-order valence-electron chi connectivity index (χ2n) is 7.61. The van der Waals surface area contributed by atoms with Gasteiger partial charge in [-0.15, -0.1) is 11.3 Å². The lowest BCUT2D eigenvalue weighted by Crippen LogP contribution is -2.23. The first-order chi connectivity index (χ1) is 17.0. The third kappa shape index (κ3) is 5.67. The average Bonchev–Trinajstić information content (AvgIpc) is 3.21. The Labute approximate surface area is 206 Å². The second kappa shape index (κ2) is 10.8. The summed E-state index contributed by atoms with van der Waals surface area (Å²) in [5.74, 6) is 1.43. The monoisotopic (exact) mass is 491 g/mol. The second-order valence-corrected chi connectivity index (χ2v) is 8.61. The third-order valence-corrected chi connectivity index (χ3v) is 6.29. The number of rotatable bonds is 8. The van der Waals surface area contributed by atoms with Gasteiger partial charge in [-0.2, -0.15) is 0 Å². The van der Waals surface area contributed by atoms with E-state index in [1.54, 1.807) is 55.6 Å². The van der Waals surface area contributed by atoms with Gasteiger partial charge in [0.15, 0.2) is 0 Å². The van der Waals surface area contributed by atoms with E-state index in [4.69, 9.17) is 9.47 Å². The fourth-order valence-corrected chi connectivity index (χ4v) is 4.42. The fraction of sp³-hybridized carbons (Fsp3) is 0.200. The summed E-state index contributed by atoms with van der Waals surface area (Å²) in [7, 11) is 1.57. The minimum absolute atomic E-state index is 0.124. The Balaban J connectivity index is 1.45. The van der Waals surface area contributed by atoms with E-state index in [-0.39, 0.29) is 11.9 Å². The van der Waals surface area contributed by atoms with E-state index in [9.17, 15) is 9.59 Å². The van der Waals surface area contributed by atoms with Gasteiger partial charge in [0.05, 0.1) is 17.4 Å². The first kappa shape index (κ1) is 24.0. The molecule has 2 aromatic carbocycles. The van der Waals surface area contributed by atoms with Crippen molar-refractivity contribution in [1.82, 2.24) is 15.3 Å². The molecular formula is C25H25N5O4S. The summed E-state index contributed by atoms with van der Waals surface area (Å²) in [6.45, 7) is 4.48. The van der Waals surface area contributed by atoms with Crippen LogP contribution in [0.25, 0.3) is 10.2 Å². The smallest absolute Gasteiger partial charge is 0.323 e. The molecule has 0 radical (unpaired) electrons. The number of fused-ring (bicyclic) bond motifs is 1. The van der Waals surface area contributed by atoms with Crippen LogP contribution in [0.4, 0.5) is 16.2 Å². The summed E-state index contributed by atoms with van der Waals surface area (Å²) in [6, 6.07) is 13.6. The molecule has 9 nitrogen and oxygen atoms in total. The minimum Gasteiger partial charge on any atom is -0.497 e. The van der Waals surface area contributed by atoms with Crippen molar-refractivity contribution < 1.29 is 19.1 Å². The number of aromatic nitrogens is 2. The zero-order chi connectivity index (χ0) is 24.8. The molecule has 0 saturated carbocycles. The van der Waals surface area contributed by atoms with Crippen molar-refractivity contribution in [1.29, 1.82) is 0 Å². The zero-order valence-corrected chi connectivity index (χ0v) is 20.4. The van der Waals surface area contributed by atoms with Crippen molar-refractivity contribution >= 4 is 44.9 Å². The number of benzene rings is 2. The molecule has 0 aliphatic carbocycles. The first-order valence-electron chi connectivity index (χ1n) is 11.0. The number of anilines is 2. The van der Waals surface area contributed by atoms with E-state index in [1.165, 1.54) is 17.7 Å². The van der Waals surface area contributed by atoms with Gasteiger partial charge in [0.25, 0.3) is 5.91 Å². The number of urea groups is 1. The summed E-state index contributed by atoms with van der Waals surface area (Å²) in [6.07, 6.45) is 2.28. The first-order valence-corrected chi connectivity index (χ1v) is 11.8. The van der Waals surface area contributed by atoms with Crippen LogP contribution in [0, 0.1) is 6.92 Å². The maximum Gasteiger partial charge on any atom is 0.323 e. The van der Waals surface area contributed by atoms with Crippen LogP contribution in [0.15, 0.2) is 54.9 Å². The van der Waals surface area contributed by atoms with Crippen LogP contribution in [0.2, 0.25) is 0 Å². The molecule has 2 heterocycles. The zero-order valence-electron chi connectivity index (χ0n) is 19.5. The summed E-state index contributed by atoms with van der Waals surface area (Å²) < 4.78 is 11.2. The van der Waals surface area contributed by atoms with Crippen molar-refractivity contribution in [2.75, 3.05) is 24.3 Å². The Morgan fingerprint density at radius 3 is 2.51 bits per heavy atom. The van der Waals surface area contributed by atoms with Gasteiger partial charge in [-0.3, -0.25) is 4.79 Å². The van der Waals surface area contributed by atoms with Gasteiger partial charge in [0.2, 0.25) is 5.88 Å². The van der Waals surface area contributed by atoms with Crippen LogP contribution in [0.1, 0.15) is 28.6 Å². The summed E-state index contributed by atoms with van der Waals surface area (Å²) in [4.78, 5) is 34.7. The van der Waals surface area contributed by atoms with Crippen LogP contribution >= 0.6 is 11.3 Å². The van der Waals surface area contributed by atoms with E-state index >= 15 is 0 Å². The van der Waals surface area contributed by atoms with E-state index in [0.29, 0.717) is 50.4 Å². The van der Waals surface area contributed by atoms with Gasteiger partial charge in [-0.1, -0.05) is 13.0 Å². The number of carbonyl (C=O) groups is 2. The normalized spacial score (nSPS) is 10.6. The predicted octanol–water partition coefficient (Wildman–Crippen LogP) is 5.58. The molecule has 180 valence electrons. The highest BCUT2D eigenvalue weighted by Gasteiger charge is 2.20. The largest absolute Gasteiger partial charge is 0.497 e. The molecule has 3 N–H and O–H groups in total. The van der Waals surface area contributed by atoms with Crippen molar-refractivity contribution in [2.24, 2.45) is 0 Å². The summed E-state index contributed by atoms with van der Waals surface area (Å²) >= 11 is 1.31. The Morgan fingerprint density at radius 1 is 1.00 bits per heavy atom. The van der Waals surface area contributed by atoms with Crippen molar-refractivity contribution in [2.45, 2.75) is 20.3 Å². The molecule has 4 aromatic rings. The van der Waals surface area contributed by atoms with Crippen LogP contribution in [-0.2, 0) is 0 Å². The Morgan fingerprint density at radius 2 is 1.77 bits per heavy atom. The van der Waals surface area contributed by atoms with Crippen LogP contribution in [0.5, 0.6) is 17.4 Å². The summed E-state index contributed by atoms with van der Waals surface area (Å²) in [5, 5.41) is 9.14. The molecule has 3 amide bonds. The molecule has 0 atom stereocenters. The number of thiophene rings is 1. The Bertz CT molecular complexity index is 1350. The number of methoxy groups -OCH3 is 1. The van der Waals surface area contributed by atoms with E-state index < -0.39 is 0 Å². The van der Waals surface area contributed by atoms with Crippen molar-refractivity contribution in [3.05, 3.63) is 65.3 Å². The van der Waals surface area contributed by atoms with E-state index in [0.717, 1.165) is 12.0 Å². The molecule has 0 unspecified atom stereocenters. The van der Waals surface area contributed by atoms with Gasteiger partial charge in [0, 0.05) is 24.0 Å². The number of hydrogen-bond acceptors (Lipinski definition) is 7. The van der Waals surface area contributed by atoms with Crippen molar-refractivity contribution in [3.63, 3.8) is 0 Å². The summed E-state index contributed by atoms with van der Waals surface area (Å²) in [5.41, 5.74) is 1.98. The number of hydrogen-bond donors (Lipinski definition) is 3. The predicted molar refractivity (Wildman–Crippen MR) is 137 cm³/mol. The molecular weight excluding hydrogens is 466 g/mol. The molecule has 4 rings (SSSR count). The number of carbonyl (C=O) groups excluding carboxylic acids is 2. The fourth-order valence-electron chi connectivity index (χ4n) is 3.36. The number of aryl methyl sites for hydroxylation is 1. The topological polar surface area (TPSA) is 114 Å². The number of nitrogens with one attached hydrogen (secondary N) is 3. The SMILES string of the molecule is CCCNC(=O)c1sc2ncnc(Oc3ccc(NC(=O)Nc4cccc(OC)c4)cc3)c2c1C. The maximum absolute atomic E-state index is 12.5. The molecule has 2 aromatic heterocycles. The van der Waals surface area contributed by atoms with Gasteiger partial charge >= 0.3 is 6.03 Å². The Hall–Kier alpha value is -4.18. The van der Waals surface area contributed by atoms with Gasteiger partial charge < -0.3 is 25.4 Å². The van der Waals surface area contributed by atoms with E-state index in [2.05, 4.69) is 25.9 Å². The van der Waals surface area contributed by atoms with Crippen LogP contribution in [-0.4, -0.2) is 35.6 Å². The molecule has 0 bridgehead atoms. The van der Waals surface area contributed by atoms with Crippen molar-refractivity contribution in [3.8, 4) is 17.4 Å². The highest BCUT2D eigenvalue weighted by molar-refractivity contribution is 7.20. The lowest BCUT2D eigenvalue weighted by atomic mass is 10.2. The Kier molecular flexibility index (Phi) is 7.41. The molecule has 35 heavy (non-hydrogen) atoms. The molecule has 0 aliphatic heterocycles. The van der Waals surface area contributed by atoms with Gasteiger partial charge in [0.1, 0.15) is 22.7 Å². The highest BCUT2D eigenvalue weighted by Crippen LogP contribution is 2.36.